The number of rotatable bonds is 2. The molecule has 0 aromatic heterocycles. The van der Waals surface area contributed by atoms with Crippen LogP contribution in [0, 0.1) is 6.92 Å². The first-order chi connectivity index (χ1) is 8.09. The summed E-state index contributed by atoms with van der Waals surface area (Å²) in [4.78, 5) is 0.842. The molecular weight excluding hydrogens is 226 g/mol. The number of thiocarbonyl (C=S) groups is 1. The van der Waals surface area contributed by atoms with Crippen LogP contribution in [0.3, 0.4) is 0 Å². The molecule has 2 aromatic rings. The normalized spacial score (nSPS) is 10.8. The zero-order valence-electron chi connectivity index (χ0n) is 10.4. The van der Waals surface area contributed by atoms with E-state index < -0.39 is 0 Å². The van der Waals surface area contributed by atoms with Gasteiger partial charge in [0.2, 0.25) is 0 Å². The van der Waals surface area contributed by atoms with Gasteiger partial charge in [-0.25, -0.2) is 0 Å². The van der Waals surface area contributed by atoms with E-state index in [2.05, 4.69) is 62.5 Å². The molecule has 0 unspecified atom stereocenters. The molecule has 2 heteroatoms. The third kappa shape index (κ3) is 2.47. The van der Waals surface area contributed by atoms with Gasteiger partial charge in [-0.2, -0.15) is 0 Å². The summed E-state index contributed by atoms with van der Waals surface area (Å²) in [5.74, 6) is 0. The van der Waals surface area contributed by atoms with Crippen LogP contribution in [0.5, 0.6) is 0 Å². The first-order valence-electron chi connectivity index (χ1n) is 5.89. The van der Waals surface area contributed by atoms with Crippen LogP contribution in [0.25, 0.3) is 10.8 Å². The highest BCUT2D eigenvalue weighted by Crippen LogP contribution is 2.22. The number of hydrogen-bond donors (Lipinski definition) is 1. The lowest BCUT2D eigenvalue weighted by molar-refractivity contribution is 0.741. The molecule has 0 saturated heterocycles. The number of benzene rings is 2. The Morgan fingerprint density at radius 2 is 1.82 bits per heavy atom. The number of nitrogens with one attached hydrogen (secondary N) is 1. The van der Waals surface area contributed by atoms with Gasteiger partial charge in [0, 0.05) is 11.6 Å². The molecule has 2 aromatic carbocycles. The van der Waals surface area contributed by atoms with E-state index in [0.29, 0.717) is 6.04 Å². The van der Waals surface area contributed by atoms with Gasteiger partial charge in [0.25, 0.3) is 0 Å². The molecule has 0 aliphatic heterocycles. The molecule has 0 aliphatic carbocycles. The van der Waals surface area contributed by atoms with Crippen molar-refractivity contribution in [3.8, 4) is 0 Å². The second kappa shape index (κ2) is 4.84. The van der Waals surface area contributed by atoms with Crippen molar-refractivity contribution < 1.29 is 0 Å². The molecule has 17 heavy (non-hydrogen) atoms. The van der Waals surface area contributed by atoms with E-state index in [4.69, 9.17) is 12.2 Å². The zero-order chi connectivity index (χ0) is 12.4. The Bertz CT molecular complexity index is 558. The highest BCUT2D eigenvalue weighted by atomic mass is 32.1. The second-order valence-electron chi connectivity index (χ2n) is 4.61. The van der Waals surface area contributed by atoms with Crippen LogP contribution in [0.4, 0.5) is 0 Å². The Morgan fingerprint density at radius 3 is 2.53 bits per heavy atom. The molecule has 0 bridgehead atoms. The van der Waals surface area contributed by atoms with Crippen molar-refractivity contribution in [2.24, 2.45) is 0 Å². The van der Waals surface area contributed by atoms with Gasteiger partial charge in [0.15, 0.2) is 0 Å². The maximum atomic E-state index is 5.50. The van der Waals surface area contributed by atoms with Gasteiger partial charge in [-0.1, -0.05) is 48.6 Å². The predicted molar refractivity (Wildman–Crippen MR) is 78.7 cm³/mol. The Morgan fingerprint density at radius 1 is 1.12 bits per heavy atom. The van der Waals surface area contributed by atoms with Crippen LogP contribution in [0.15, 0.2) is 36.4 Å². The van der Waals surface area contributed by atoms with Crippen LogP contribution in [-0.2, 0) is 0 Å². The maximum Gasteiger partial charge on any atom is 0.107 e. The molecule has 0 spiro atoms. The summed E-state index contributed by atoms with van der Waals surface area (Å²) in [5.41, 5.74) is 2.38. The summed E-state index contributed by atoms with van der Waals surface area (Å²) < 4.78 is 0. The SMILES string of the molecule is Cc1ccc2ccccc2c1C(=S)NC(C)C. The van der Waals surface area contributed by atoms with E-state index in [9.17, 15) is 0 Å². The number of fused-ring (bicyclic) bond motifs is 1. The molecule has 1 N–H and O–H groups in total. The monoisotopic (exact) mass is 243 g/mol. The lowest BCUT2D eigenvalue weighted by Crippen LogP contribution is -2.29. The molecule has 0 saturated carbocycles. The molecule has 0 amide bonds. The first kappa shape index (κ1) is 12.1. The Balaban J connectivity index is 2.58. The van der Waals surface area contributed by atoms with Crippen LogP contribution in [0.1, 0.15) is 25.0 Å². The summed E-state index contributed by atoms with van der Waals surface area (Å²) in [6, 6.07) is 13.0. The molecule has 88 valence electrons. The molecule has 0 fully saturated rings. The molecule has 0 heterocycles. The smallest absolute Gasteiger partial charge is 0.107 e. The molecule has 0 atom stereocenters. The van der Waals surface area contributed by atoms with Gasteiger partial charge in [-0.05, 0) is 37.1 Å². The van der Waals surface area contributed by atoms with Crippen molar-refractivity contribution in [2.45, 2.75) is 26.8 Å². The van der Waals surface area contributed by atoms with E-state index in [-0.39, 0.29) is 0 Å². The van der Waals surface area contributed by atoms with Gasteiger partial charge in [-0.15, -0.1) is 0 Å². The number of hydrogen-bond acceptors (Lipinski definition) is 1. The van der Waals surface area contributed by atoms with Crippen molar-refractivity contribution in [2.75, 3.05) is 0 Å². The van der Waals surface area contributed by atoms with E-state index >= 15 is 0 Å². The molecule has 1 nitrogen and oxygen atoms in total. The Hall–Kier alpha value is -1.41. The van der Waals surface area contributed by atoms with Crippen LogP contribution < -0.4 is 5.32 Å². The van der Waals surface area contributed by atoms with Crippen LogP contribution in [0.2, 0.25) is 0 Å². The maximum absolute atomic E-state index is 5.50. The van der Waals surface area contributed by atoms with Gasteiger partial charge in [-0.3, -0.25) is 0 Å². The van der Waals surface area contributed by atoms with Gasteiger partial charge >= 0.3 is 0 Å². The standard InChI is InChI=1S/C15H17NS/c1-10(2)16-15(17)14-11(3)8-9-12-6-4-5-7-13(12)14/h4-10H,1-3H3,(H,16,17). The third-order valence-corrected chi connectivity index (χ3v) is 3.11. The third-order valence-electron chi connectivity index (χ3n) is 2.78. The average molecular weight is 243 g/mol. The molecule has 0 aliphatic rings. The minimum Gasteiger partial charge on any atom is -0.374 e. The quantitative estimate of drug-likeness (QED) is 0.805. The fraction of sp³-hybridized carbons (Fsp3) is 0.267. The fourth-order valence-electron chi connectivity index (χ4n) is 2.02. The second-order valence-corrected chi connectivity index (χ2v) is 5.02. The largest absolute Gasteiger partial charge is 0.374 e. The van der Waals surface area contributed by atoms with Gasteiger partial charge in [0.05, 0.1) is 0 Å². The Labute approximate surface area is 108 Å². The zero-order valence-corrected chi connectivity index (χ0v) is 11.3. The van der Waals surface area contributed by atoms with Crippen molar-refractivity contribution in [3.63, 3.8) is 0 Å². The average Bonchev–Trinajstić information content (AvgIpc) is 2.27. The van der Waals surface area contributed by atoms with E-state index in [0.717, 1.165) is 10.6 Å². The number of aryl methyl sites for hydroxylation is 1. The first-order valence-corrected chi connectivity index (χ1v) is 6.29. The summed E-state index contributed by atoms with van der Waals surface area (Å²) in [6.07, 6.45) is 0. The van der Waals surface area contributed by atoms with Crippen LogP contribution in [-0.4, -0.2) is 11.0 Å². The highest BCUT2D eigenvalue weighted by Gasteiger charge is 2.10. The molecular formula is C15H17NS. The van der Waals surface area contributed by atoms with Crippen molar-refractivity contribution in [1.82, 2.24) is 5.32 Å². The minimum atomic E-state index is 0.362. The van der Waals surface area contributed by atoms with Gasteiger partial charge in [0.1, 0.15) is 4.99 Å². The highest BCUT2D eigenvalue weighted by molar-refractivity contribution is 7.80. The molecule has 2 rings (SSSR count). The van der Waals surface area contributed by atoms with E-state index in [1.807, 2.05) is 0 Å². The summed E-state index contributed by atoms with van der Waals surface area (Å²) in [7, 11) is 0. The lowest BCUT2D eigenvalue weighted by atomic mass is 9.99. The van der Waals surface area contributed by atoms with Crippen molar-refractivity contribution in [1.29, 1.82) is 0 Å². The fourth-order valence-corrected chi connectivity index (χ4v) is 2.52. The van der Waals surface area contributed by atoms with E-state index in [1.165, 1.54) is 16.3 Å². The summed E-state index contributed by atoms with van der Waals surface area (Å²) >= 11 is 5.50. The summed E-state index contributed by atoms with van der Waals surface area (Å²) in [6.45, 7) is 6.32. The van der Waals surface area contributed by atoms with Crippen molar-refractivity contribution in [3.05, 3.63) is 47.5 Å². The topological polar surface area (TPSA) is 12.0 Å². The van der Waals surface area contributed by atoms with Crippen LogP contribution >= 0.6 is 12.2 Å². The predicted octanol–water partition coefficient (Wildman–Crippen LogP) is 3.82. The summed E-state index contributed by atoms with van der Waals surface area (Å²) in [5, 5.41) is 5.79. The van der Waals surface area contributed by atoms with E-state index in [1.54, 1.807) is 0 Å². The lowest BCUT2D eigenvalue weighted by Gasteiger charge is -2.15. The van der Waals surface area contributed by atoms with Gasteiger partial charge < -0.3 is 5.32 Å². The molecule has 0 radical (unpaired) electrons. The Kier molecular flexibility index (Phi) is 3.43. The minimum absolute atomic E-state index is 0.362. The van der Waals surface area contributed by atoms with Crippen molar-refractivity contribution >= 4 is 28.0 Å².